The molecule has 1 aliphatic heterocycles. The fourth-order valence-electron chi connectivity index (χ4n) is 2.69. The van der Waals surface area contributed by atoms with Crippen LogP contribution in [-0.4, -0.2) is 15.9 Å². The molecule has 1 aromatic carbocycles. The number of H-pyrrole nitrogens is 1. The summed E-state index contributed by atoms with van der Waals surface area (Å²) >= 11 is 1.58. The molecule has 0 atom stereocenters. The number of aromatic amines is 1. The van der Waals surface area contributed by atoms with Crippen LogP contribution >= 0.6 is 11.3 Å². The standard InChI is InChI=1S/C15H13N3OS/c1-15(2)9-3-8-4-12(13-6-20-7-16-13)17-10(8)5-11(9)18-14(15)19/h3-7,17H,1-2H3,(H,18,19). The van der Waals surface area contributed by atoms with E-state index in [1.165, 1.54) is 0 Å². The zero-order chi connectivity index (χ0) is 13.9. The van der Waals surface area contributed by atoms with Crippen molar-refractivity contribution in [2.24, 2.45) is 0 Å². The summed E-state index contributed by atoms with van der Waals surface area (Å²) in [7, 11) is 0. The van der Waals surface area contributed by atoms with E-state index < -0.39 is 5.41 Å². The molecule has 2 N–H and O–H groups in total. The Kier molecular flexibility index (Phi) is 2.16. The van der Waals surface area contributed by atoms with Gasteiger partial charge in [-0.15, -0.1) is 11.3 Å². The summed E-state index contributed by atoms with van der Waals surface area (Å²) in [6.07, 6.45) is 0. The predicted molar refractivity (Wildman–Crippen MR) is 81.1 cm³/mol. The second-order valence-corrected chi connectivity index (χ2v) is 6.34. The van der Waals surface area contributed by atoms with Gasteiger partial charge in [-0.25, -0.2) is 4.98 Å². The zero-order valence-electron chi connectivity index (χ0n) is 11.2. The Morgan fingerprint density at radius 3 is 2.85 bits per heavy atom. The Labute approximate surface area is 119 Å². The highest BCUT2D eigenvalue weighted by atomic mass is 32.1. The van der Waals surface area contributed by atoms with Gasteiger partial charge in [-0.3, -0.25) is 4.79 Å². The molecule has 1 amide bonds. The summed E-state index contributed by atoms with van der Waals surface area (Å²) in [5.74, 6) is 0.0554. The Hall–Kier alpha value is -2.14. The van der Waals surface area contributed by atoms with Gasteiger partial charge in [0.15, 0.2) is 0 Å². The first kappa shape index (κ1) is 11.7. The van der Waals surface area contributed by atoms with Crippen molar-refractivity contribution < 1.29 is 4.79 Å². The molecule has 0 spiro atoms. The number of nitrogens with zero attached hydrogens (tertiary/aromatic N) is 1. The van der Waals surface area contributed by atoms with E-state index in [2.05, 4.69) is 27.4 Å². The normalized spacial score (nSPS) is 16.4. The number of aromatic nitrogens is 2. The first-order valence-corrected chi connectivity index (χ1v) is 7.37. The molecule has 3 aromatic rings. The third-order valence-electron chi connectivity index (χ3n) is 3.96. The van der Waals surface area contributed by atoms with Gasteiger partial charge >= 0.3 is 0 Å². The molecule has 20 heavy (non-hydrogen) atoms. The topological polar surface area (TPSA) is 57.8 Å². The van der Waals surface area contributed by atoms with Gasteiger partial charge in [0.25, 0.3) is 0 Å². The molecular formula is C15H13N3OS. The molecule has 4 rings (SSSR count). The van der Waals surface area contributed by atoms with E-state index in [4.69, 9.17) is 0 Å². The monoisotopic (exact) mass is 283 g/mol. The summed E-state index contributed by atoms with van der Waals surface area (Å²) in [4.78, 5) is 19.7. The Morgan fingerprint density at radius 2 is 2.10 bits per heavy atom. The molecule has 0 fully saturated rings. The minimum Gasteiger partial charge on any atom is -0.353 e. The van der Waals surface area contributed by atoms with Crippen molar-refractivity contribution in [3.05, 3.63) is 34.7 Å². The minimum atomic E-state index is -0.471. The van der Waals surface area contributed by atoms with Gasteiger partial charge in [0, 0.05) is 22.0 Å². The molecule has 0 unspecified atom stereocenters. The van der Waals surface area contributed by atoms with Crippen molar-refractivity contribution in [1.82, 2.24) is 9.97 Å². The molecule has 0 saturated heterocycles. The van der Waals surface area contributed by atoms with Crippen LogP contribution in [-0.2, 0) is 10.2 Å². The Bertz CT molecular complexity index is 830. The lowest BCUT2D eigenvalue weighted by Gasteiger charge is -2.14. The van der Waals surface area contributed by atoms with Crippen molar-refractivity contribution in [2.45, 2.75) is 19.3 Å². The average molecular weight is 283 g/mol. The van der Waals surface area contributed by atoms with E-state index in [-0.39, 0.29) is 5.91 Å². The molecule has 2 aromatic heterocycles. The van der Waals surface area contributed by atoms with Crippen molar-refractivity contribution >= 4 is 33.8 Å². The number of amides is 1. The molecule has 0 radical (unpaired) electrons. The van der Waals surface area contributed by atoms with E-state index >= 15 is 0 Å². The SMILES string of the molecule is CC1(C)C(=O)Nc2cc3[nH]c(-c4cscn4)cc3cc21. The smallest absolute Gasteiger partial charge is 0.234 e. The van der Waals surface area contributed by atoms with Gasteiger partial charge in [-0.2, -0.15) is 0 Å². The molecule has 4 nitrogen and oxygen atoms in total. The molecule has 0 aliphatic carbocycles. The number of rotatable bonds is 1. The van der Waals surface area contributed by atoms with Gasteiger partial charge in [0.05, 0.1) is 22.3 Å². The van der Waals surface area contributed by atoms with Crippen LogP contribution in [0.15, 0.2) is 29.1 Å². The number of carbonyl (C=O) groups is 1. The van der Waals surface area contributed by atoms with Crippen LogP contribution in [0.4, 0.5) is 5.69 Å². The zero-order valence-corrected chi connectivity index (χ0v) is 12.0. The average Bonchev–Trinajstić information content (AvgIpc) is 3.08. The van der Waals surface area contributed by atoms with Crippen LogP contribution in [0.1, 0.15) is 19.4 Å². The number of nitrogens with one attached hydrogen (secondary N) is 2. The van der Waals surface area contributed by atoms with Gasteiger partial charge in [-0.05, 0) is 37.6 Å². The fraction of sp³-hybridized carbons (Fsp3) is 0.200. The number of hydrogen-bond acceptors (Lipinski definition) is 3. The molecular weight excluding hydrogens is 270 g/mol. The number of hydrogen-bond donors (Lipinski definition) is 2. The largest absolute Gasteiger partial charge is 0.353 e. The highest BCUT2D eigenvalue weighted by molar-refractivity contribution is 7.07. The maximum Gasteiger partial charge on any atom is 0.234 e. The van der Waals surface area contributed by atoms with Crippen LogP contribution in [0.3, 0.4) is 0 Å². The number of fused-ring (bicyclic) bond motifs is 2. The molecule has 3 heterocycles. The number of carbonyl (C=O) groups excluding carboxylic acids is 1. The maximum atomic E-state index is 12.0. The van der Waals surface area contributed by atoms with Crippen molar-refractivity contribution in [3.8, 4) is 11.4 Å². The summed E-state index contributed by atoms with van der Waals surface area (Å²) < 4.78 is 0. The van der Waals surface area contributed by atoms with Gasteiger partial charge in [-0.1, -0.05) is 0 Å². The number of thiazole rings is 1. The minimum absolute atomic E-state index is 0.0554. The molecule has 100 valence electrons. The fourth-order valence-corrected chi connectivity index (χ4v) is 3.24. The van der Waals surface area contributed by atoms with Crippen LogP contribution in [0.2, 0.25) is 0 Å². The van der Waals surface area contributed by atoms with E-state index in [1.807, 2.05) is 30.8 Å². The van der Waals surface area contributed by atoms with Gasteiger partial charge in [0.1, 0.15) is 0 Å². The lowest BCUT2D eigenvalue weighted by molar-refractivity contribution is -0.119. The highest BCUT2D eigenvalue weighted by Gasteiger charge is 2.38. The van der Waals surface area contributed by atoms with Gasteiger partial charge < -0.3 is 10.3 Å². The van der Waals surface area contributed by atoms with Crippen LogP contribution in [0, 0.1) is 0 Å². The van der Waals surface area contributed by atoms with E-state index in [1.54, 1.807) is 11.3 Å². The molecule has 1 aliphatic rings. The second kappa shape index (κ2) is 3.70. The van der Waals surface area contributed by atoms with Crippen LogP contribution < -0.4 is 5.32 Å². The second-order valence-electron chi connectivity index (χ2n) is 5.62. The molecule has 0 saturated carbocycles. The summed E-state index contributed by atoms with van der Waals surface area (Å²) in [6, 6.07) is 6.19. The van der Waals surface area contributed by atoms with Crippen molar-refractivity contribution in [3.63, 3.8) is 0 Å². The number of benzene rings is 1. The summed E-state index contributed by atoms with van der Waals surface area (Å²) in [6.45, 7) is 3.90. The van der Waals surface area contributed by atoms with Crippen LogP contribution in [0.5, 0.6) is 0 Å². The lowest BCUT2D eigenvalue weighted by atomic mass is 9.86. The quantitative estimate of drug-likeness (QED) is 0.718. The first-order chi connectivity index (χ1) is 9.55. The van der Waals surface area contributed by atoms with E-state index in [9.17, 15) is 4.79 Å². The molecule has 5 heteroatoms. The molecule has 0 bridgehead atoms. The summed E-state index contributed by atoms with van der Waals surface area (Å²) in [5, 5.41) is 6.08. The van der Waals surface area contributed by atoms with Crippen LogP contribution in [0.25, 0.3) is 22.3 Å². The van der Waals surface area contributed by atoms with Crippen molar-refractivity contribution in [1.29, 1.82) is 0 Å². The third kappa shape index (κ3) is 1.47. The first-order valence-electron chi connectivity index (χ1n) is 6.43. The van der Waals surface area contributed by atoms with Crippen molar-refractivity contribution in [2.75, 3.05) is 5.32 Å². The maximum absolute atomic E-state index is 12.0. The van der Waals surface area contributed by atoms with E-state index in [0.717, 1.165) is 33.5 Å². The Morgan fingerprint density at radius 1 is 1.25 bits per heavy atom. The van der Waals surface area contributed by atoms with Gasteiger partial charge in [0.2, 0.25) is 5.91 Å². The lowest BCUT2D eigenvalue weighted by Crippen LogP contribution is -2.26. The Balaban J connectivity index is 1.93. The number of anilines is 1. The van der Waals surface area contributed by atoms with E-state index in [0.29, 0.717) is 0 Å². The summed E-state index contributed by atoms with van der Waals surface area (Å²) in [5.41, 5.74) is 6.29. The highest BCUT2D eigenvalue weighted by Crippen LogP contribution is 2.40. The third-order valence-corrected chi connectivity index (χ3v) is 4.54. The predicted octanol–water partition coefficient (Wildman–Crippen LogP) is 3.52.